The molecule has 1 heterocycles. The zero-order chi connectivity index (χ0) is 23.8. The van der Waals surface area contributed by atoms with Crippen LogP contribution in [0.15, 0.2) is 120 Å². The molecule has 0 spiro atoms. The predicted molar refractivity (Wildman–Crippen MR) is 153 cm³/mol. The van der Waals surface area contributed by atoms with Gasteiger partial charge in [-0.25, -0.2) is 0 Å². The summed E-state index contributed by atoms with van der Waals surface area (Å²) in [6.07, 6.45) is 0. The molecule has 0 radical (unpaired) electrons. The van der Waals surface area contributed by atoms with Gasteiger partial charge in [-0.2, -0.15) is 0 Å². The lowest BCUT2D eigenvalue weighted by Gasteiger charge is -2.15. The highest BCUT2D eigenvalue weighted by Crippen LogP contribution is 2.44. The van der Waals surface area contributed by atoms with Gasteiger partial charge in [-0.15, -0.1) is 0 Å². The van der Waals surface area contributed by atoms with Gasteiger partial charge in [-0.1, -0.05) is 109 Å². The number of para-hydroxylation sites is 1. The van der Waals surface area contributed by atoms with Crippen LogP contribution >= 0.6 is 0 Å². The standard InChI is InChI=1S/C35H22O/c1-21-13-14-23-17-20-29-27(19-16-24-15-18-25(21)32(23)33(24)29)28-10-6-12-31-34(28)30-11-5-9-26(35(30)36-31)22-7-3-2-4-8-22/h2-20H,1H3. The molecule has 0 bridgehead atoms. The zero-order valence-corrected chi connectivity index (χ0v) is 19.9. The molecule has 0 saturated carbocycles. The van der Waals surface area contributed by atoms with Crippen molar-refractivity contribution in [2.45, 2.75) is 6.92 Å². The molecule has 0 aliphatic carbocycles. The fraction of sp³-hybridized carbons (Fsp3) is 0.0286. The second kappa shape index (κ2) is 7.19. The van der Waals surface area contributed by atoms with Crippen molar-refractivity contribution in [1.29, 1.82) is 0 Å². The average molecular weight is 459 g/mol. The van der Waals surface area contributed by atoms with Crippen LogP contribution in [0, 0.1) is 6.92 Å². The van der Waals surface area contributed by atoms with E-state index in [1.807, 2.05) is 0 Å². The molecular formula is C35H22O. The van der Waals surface area contributed by atoms with Crippen LogP contribution in [0.25, 0.3) is 76.5 Å². The van der Waals surface area contributed by atoms with E-state index in [1.165, 1.54) is 60.0 Å². The molecular weight excluding hydrogens is 436 g/mol. The van der Waals surface area contributed by atoms with Crippen LogP contribution in [-0.4, -0.2) is 0 Å². The number of furan rings is 1. The minimum absolute atomic E-state index is 0.924. The van der Waals surface area contributed by atoms with Gasteiger partial charge in [0.1, 0.15) is 11.2 Å². The predicted octanol–water partition coefficient (Wildman–Crippen LogP) is 10.1. The molecule has 0 saturated heterocycles. The van der Waals surface area contributed by atoms with E-state index >= 15 is 0 Å². The number of fused-ring (bicyclic) bond motifs is 3. The summed E-state index contributed by atoms with van der Waals surface area (Å²) in [5.41, 5.74) is 7.94. The minimum Gasteiger partial charge on any atom is -0.455 e. The van der Waals surface area contributed by atoms with Crippen LogP contribution in [0.3, 0.4) is 0 Å². The van der Waals surface area contributed by atoms with Crippen LogP contribution in [0.4, 0.5) is 0 Å². The van der Waals surface area contributed by atoms with Gasteiger partial charge in [0.15, 0.2) is 0 Å². The maximum Gasteiger partial charge on any atom is 0.143 e. The summed E-state index contributed by atoms with van der Waals surface area (Å²) in [6, 6.07) is 41.6. The van der Waals surface area contributed by atoms with Crippen molar-refractivity contribution >= 4 is 54.3 Å². The Morgan fingerprint density at radius 1 is 0.444 bits per heavy atom. The Morgan fingerprint density at radius 3 is 2.00 bits per heavy atom. The fourth-order valence-electron chi connectivity index (χ4n) is 6.10. The molecule has 168 valence electrons. The number of rotatable bonds is 2. The summed E-state index contributed by atoms with van der Waals surface area (Å²) in [5, 5.41) is 10.3. The van der Waals surface area contributed by atoms with E-state index in [1.54, 1.807) is 0 Å². The topological polar surface area (TPSA) is 13.1 Å². The second-order valence-electron chi connectivity index (χ2n) is 9.75. The van der Waals surface area contributed by atoms with E-state index in [9.17, 15) is 0 Å². The summed E-state index contributed by atoms with van der Waals surface area (Å²) >= 11 is 0. The third kappa shape index (κ3) is 2.60. The van der Waals surface area contributed by atoms with Gasteiger partial charge in [0.2, 0.25) is 0 Å². The summed E-state index contributed by atoms with van der Waals surface area (Å²) < 4.78 is 6.54. The lowest BCUT2D eigenvalue weighted by atomic mass is 9.87. The molecule has 0 aliphatic heterocycles. The van der Waals surface area contributed by atoms with Crippen molar-refractivity contribution in [3.63, 3.8) is 0 Å². The first-order valence-electron chi connectivity index (χ1n) is 12.4. The highest BCUT2D eigenvalue weighted by molar-refractivity contribution is 6.27. The van der Waals surface area contributed by atoms with E-state index in [4.69, 9.17) is 4.42 Å². The van der Waals surface area contributed by atoms with Crippen molar-refractivity contribution in [3.8, 4) is 22.3 Å². The first kappa shape index (κ1) is 19.7. The van der Waals surface area contributed by atoms with Crippen molar-refractivity contribution < 1.29 is 4.42 Å². The van der Waals surface area contributed by atoms with Gasteiger partial charge in [0.05, 0.1) is 0 Å². The Kier molecular flexibility index (Phi) is 3.93. The minimum atomic E-state index is 0.924. The maximum absolute atomic E-state index is 6.54. The summed E-state index contributed by atoms with van der Waals surface area (Å²) in [6.45, 7) is 2.20. The smallest absolute Gasteiger partial charge is 0.143 e. The molecule has 0 amide bonds. The fourth-order valence-corrected chi connectivity index (χ4v) is 6.10. The molecule has 0 N–H and O–H groups in total. The normalized spacial score (nSPS) is 12.0. The molecule has 1 nitrogen and oxygen atoms in total. The highest BCUT2D eigenvalue weighted by atomic mass is 16.3. The monoisotopic (exact) mass is 458 g/mol. The Morgan fingerprint density at radius 2 is 1.14 bits per heavy atom. The van der Waals surface area contributed by atoms with E-state index in [-0.39, 0.29) is 0 Å². The van der Waals surface area contributed by atoms with E-state index in [0.29, 0.717) is 0 Å². The van der Waals surface area contributed by atoms with Crippen molar-refractivity contribution in [3.05, 3.63) is 121 Å². The average Bonchev–Trinajstić information content (AvgIpc) is 3.32. The maximum atomic E-state index is 6.54. The van der Waals surface area contributed by atoms with Gasteiger partial charge in [0.25, 0.3) is 0 Å². The second-order valence-corrected chi connectivity index (χ2v) is 9.75. The number of benzene rings is 7. The summed E-state index contributed by atoms with van der Waals surface area (Å²) in [5.74, 6) is 0. The molecule has 0 atom stereocenters. The first-order chi connectivity index (χ1) is 17.8. The molecule has 1 aromatic heterocycles. The van der Waals surface area contributed by atoms with Crippen LogP contribution in [-0.2, 0) is 0 Å². The van der Waals surface area contributed by atoms with E-state index in [0.717, 1.165) is 22.1 Å². The molecule has 0 aliphatic rings. The molecule has 7 aromatic carbocycles. The number of aryl methyl sites for hydroxylation is 1. The van der Waals surface area contributed by atoms with Gasteiger partial charge < -0.3 is 4.42 Å². The van der Waals surface area contributed by atoms with Crippen LogP contribution in [0.5, 0.6) is 0 Å². The van der Waals surface area contributed by atoms with E-state index in [2.05, 4.69) is 122 Å². The number of hydrogen-bond acceptors (Lipinski definition) is 1. The Labute approximate surface area is 208 Å². The van der Waals surface area contributed by atoms with Crippen molar-refractivity contribution in [2.24, 2.45) is 0 Å². The van der Waals surface area contributed by atoms with Crippen molar-refractivity contribution in [2.75, 3.05) is 0 Å². The molecule has 0 fully saturated rings. The quantitative estimate of drug-likeness (QED) is 0.235. The Bertz CT molecular complexity index is 2090. The lowest BCUT2D eigenvalue weighted by Crippen LogP contribution is -1.89. The Hall–Kier alpha value is -4.62. The first-order valence-corrected chi connectivity index (χ1v) is 12.4. The largest absolute Gasteiger partial charge is 0.455 e. The van der Waals surface area contributed by atoms with Crippen LogP contribution < -0.4 is 0 Å². The molecule has 8 rings (SSSR count). The molecule has 8 aromatic rings. The van der Waals surface area contributed by atoms with Crippen molar-refractivity contribution in [1.82, 2.24) is 0 Å². The van der Waals surface area contributed by atoms with Gasteiger partial charge in [0, 0.05) is 16.3 Å². The Balaban J connectivity index is 1.49. The molecule has 1 heteroatoms. The molecule has 0 unspecified atom stereocenters. The van der Waals surface area contributed by atoms with Crippen LogP contribution in [0.1, 0.15) is 5.56 Å². The van der Waals surface area contributed by atoms with Gasteiger partial charge in [-0.3, -0.25) is 0 Å². The van der Waals surface area contributed by atoms with Gasteiger partial charge in [-0.05, 0) is 67.6 Å². The van der Waals surface area contributed by atoms with E-state index < -0.39 is 0 Å². The summed E-state index contributed by atoms with van der Waals surface area (Å²) in [4.78, 5) is 0. The SMILES string of the molecule is Cc1ccc2ccc3c(-c4cccc5oc6c(-c7ccccc7)cccc6c45)ccc4ccc1c2c43. The van der Waals surface area contributed by atoms with Gasteiger partial charge >= 0.3 is 0 Å². The van der Waals surface area contributed by atoms with Crippen LogP contribution in [0.2, 0.25) is 0 Å². The number of hydrogen-bond donors (Lipinski definition) is 0. The third-order valence-electron chi connectivity index (χ3n) is 7.78. The molecule has 36 heavy (non-hydrogen) atoms. The third-order valence-corrected chi connectivity index (χ3v) is 7.78. The summed E-state index contributed by atoms with van der Waals surface area (Å²) in [7, 11) is 0. The highest BCUT2D eigenvalue weighted by Gasteiger charge is 2.18. The lowest BCUT2D eigenvalue weighted by molar-refractivity contribution is 0.670. The zero-order valence-electron chi connectivity index (χ0n) is 19.9.